The molecular formula is C20H30O. The third-order valence-corrected chi connectivity index (χ3v) is 8.01. The molecular weight excluding hydrogens is 256 g/mol. The van der Waals surface area contributed by atoms with Crippen LogP contribution < -0.4 is 0 Å². The van der Waals surface area contributed by atoms with Gasteiger partial charge in [-0.05, 0) is 72.5 Å². The van der Waals surface area contributed by atoms with Crippen molar-refractivity contribution in [3.05, 3.63) is 24.3 Å². The van der Waals surface area contributed by atoms with Crippen molar-refractivity contribution in [1.82, 2.24) is 0 Å². The van der Waals surface area contributed by atoms with Gasteiger partial charge in [-0.2, -0.15) is 0 Å². The molecule has 1 nitrogen and oxygen atoms in total. The Hall–Kier alpha value is -0.560. The van der Waals surface area contributed by atoms with Gasteiger partial charge in [0.2, 0.25) is 0 Å². The Morgan fingerprint density at radius 2 is 2.10 bits per heavy atom. The van der Waals surface area contributed by atoms with Crippen molar-refractivity contribution in [3.63, 3.8) is 0 Å². The van der Waals surface area contributed by atoms with E-state index in [1.807, 2.05) is 0 Å². The maximum atomic E-state index is 10.0. The van der Waals surface area contributed by atoms with Crippen LogP contribution in [0.1, 0.15) is 58.8 Å². The van der Waals surface area contributed by atoms with Gasteiger partial charge in [0.25, 0.3) is 0 Å². The SMILES string of the molecule is C=C1C[C@@]23C=C[C@H]4[C@](C)(CO)CCC[C@@]4(C)[C@@H]2C[C@@H]1CC3. The van der Waals surface area contributed by atoms with E-state index in [0.29, 0.717) is 23.4 Å². The number of allylic oxidation sites excluding steroid dienone is 3. The van der Waals surface area contributed by atoms with Gasteiger partial charge >= 0.3 is 0 Å². The van der Waals surface area contributed by atoms with Gasteiger partial charge in [-0.1, -0.05) is 44.6 Å². The average molecular weight is 286 g/mol. The minimum Gasteiger partial charge on any atom is -0.396 e. The molecule has 5 rings (SSSR count). The van der Waals surface area contributed by atoms with E-state index >= 15 is 0 Å². The molecule has 4 fully saturated rings. The Labute approximate surface area is 129 Å². The van der Waals surface area contributed by atoms with Crippen LogP contribution in [0.3, 0.4) is 0 Å². The van der Waals surface area contributed by atoms with Gasteiger partial charge in [-0.15, -0.1) is 0 Å². The predicted octanol–water partition coefficient (Wildman–Crippen LogP) is 4.72. The first-order valence-corrected chi connectivity index (χ1v) is 8.91. The Balaban J connectivity index is 1.80. The quantitative estimate of drug-likeness (QED) is 0.691. The summed E-state index contributed by atoms with van der Waals surface area (Å²) in [5.74, 6) is 2.16. The number of aliphatic hydroxyl groups is 1. The largest absolute Gasteiger partial charge is 0.396 e. The van der Waals surface area contributed by atoms with Crippen molar-refractivity contribution in [3.8, 4) is 0 Å². The molecule has 1 N–H and O–H groups in total. The Kier molecular flexibility index (Phi) is 2.85. The summed E-state index contributed by atoms with van der Waals surface area (Å²) < 4.78 is 0. The van der Waals surface area contributed by atoms with Crippen LogP contribution >= 0.6 is 0 Å². The van der Waals surface area contributed by atoms with Crippen LogP contribution in [0.25, 0.3) is 0 Å². The van der Waals surface area contributed by atoms with Crippen LogP contribution in [0, 0.1) is 34.0 Å². The van der Waals surface area contributed by atoms with Crippen LogP contribution in [-0.2, 0) is 0 Å². The lowest BCUT2D eigenvalue weighted by Crippen LogP contribution is -2.58. The zero-order valence-electron chi connectivity index (χ0n) is 13.7. The Morgan fingerprint density at radius 1 is 1.29 bits per heavy atom. The minimum atomic E-state index is 0.0960. The standard InChI is InChI=1S/C20H30O/c1-14-12-20-9-5-15(14)11-17(20)19(3)8-4-7-18(2,13-21)16(19)6-10-20/h6,10,15-17,21H,1,4-5,7-9,11-13H2,2-3H3/t15-,16-,17-,18-,19+,20+/m0/s1. The van der Waals surface area contributed by atoms with E-state index < -0.39 is 0 Å². The van der Waals surface area contributed by atoms with Crippen molar-refractivity contribution in [2.24, 2.45) is 34.0 Å². The molecule has 6 atom stereocenters. The molecule has 0 unspecified atom stereocenters. The fourth-order valence-electron chi connectivity index (χ4n) is 6.88. The molecule has 116 valence electrons. The van der Waals surface area contributed by atoms with Gasteiger partial charge < -0.3 is 5.11 Å². The second-order valence-corrected chi connectivity index (χ2v) is 9.10. The molecule has 21 heavy (non-hydrogen) atoms. The summed E-state index contributed by atoms with van der Waals surface area (Å²) in [5.41, 5.74) is 2.41. The molecule has 0 saturated heterocycles. The van der Waals surface area contributed by atoms with Crippen LogP contribution in [0.5, 0.6) is 0 Å². The summed E-state index contributed by atoms with van der Waals surface area (Å²) in [4.78, 5) is 0. The van der Waals surface area contributed by atoms with Gasteiger partial charge in [0.1, 0.15) is 0 Å². The Bertz CT molecular complexity index is 506. The first kappa shape index (κ1) is 14.1. The maximum Gasteiger partial charge on any atom is 0.0490 e. The number of hydrogen-bond donors (Lipinski definition) is 1. The van der Waals surface area contributed by atoms with Gasteiger partial charge in [0, 0.05) is 6.61 Å². The number of hydrogen-bond acceptors (Lipinski definition) is 1. The zero-order valence-corrected chi connectivity index (χ0v) is 13.7. The van der Waals surface area contributed by atoms with E-state index in [2.05, 4.69) is 32.6 Å². The number of aliphatic hydroxyl groups excluding tert-OH is 1. The van der Waals surface area contributed by atoms with Crippen molar-refractivity contribution in [2.75, 3.05) is 6.61 Å². The topological polar surface area (TPSA) is 20.2 Å². The second kappa shape index (κ2) is 4.25. The molecule has 0 aliphatic heterocycles. The van der Waals surface area contributed by atoms with E-state index in [1.54, 1.807) is 0 Å². The summed E-state index contributed by atoms with van der Waals surface area (Å²) in [7, 11) is 0. The van der Waals surface area contributed by atoms with Gasteiger partial charge in [-0.25, -0.2) is 0 Å². The molecule has 1 heteroatoms. The first-order valence-electron chi connectivity index (χ1n) is 8.91. The van der Waals surface area contributed by atoms with E-state index in [0.717, 1.165) is 11.8 Å². The molecule has 0 aromatic rings. The van der Waals surface area contributed by atoms with Crippen LogP contribution in [0.4, 0.5) is 0 Å². The minimum absolute atomic E-state index is 0.0960. The summed E-state index contributed by atoms with van der Waals surface area (Å²) in [5, 5.41) is 10.0. The van der Waals surface area contributed by atoms with Crippen molar-refractivity contribution in [1.29, 1.82) is 0 Å². The lowest BCUT2D eigenvalue weighted by Gasteiger charge is -2.65. The highest BCUT2D eigenvalue weighted by Crippen LogP contribution is 2.69. The molecule has 0 radical (unpaired) electrons. The number of rotatable bonds is 1. The van der Waals surface area contributed by atoms with Gasteiger partial charge in [0.15, 0.2) is 0 Å². The van der Waals surface area contributed by atoms with Crippen LogP contribution in [-0.4, -0.2) is 11.7 Å². The van der Waals surface area contributed by atoms with E-state index in [4.69, 9.17) is 0 Å². The number of fused-ring (bicyclic) bond motifs is 3. The summed E-state index contributed by atoms with van der Waals surface area (Å²) >= 11 is 0. The average Bonchev–Trinajstić information content (AvgIpc) is 2.46. The molecule has 0 heterocycles. The molecule has 5 aliphatic rings. The molecule has 0 amide bonds. The fourth-order valence-corrected chi connectivity index (χ4v) is 6.88. The molecule has 5 aliphatic carbocycles. The lowest BCUT2D eigenvalue weighted by molar-refractivity contribution is -0.119. The Morgan fingerprint density at radius 3 is 2.81 bits per heavy atom. The smallest absolute Gasteiger partial charge is 0.0490 e. The van der Waals surface area contributed by atoms with Gasteiger partial charge in [0.05, 0.1) is 0 Å². The summed E-state index contributed by atoms with van der Waals surface area (Å²) in [6.45, 7) is 9.58. The third kappa shape index (κ3) is 1.67. The van der Waals surface area contributed by atoms with Crippen LogP contribution in [0.15, 0.2) is 24.3 Å². The first-order chi connectivity index (χ1) is 9.94. The van der Waals surface area contributed by atoms with Crippen molar-refractivity contribution >= 4 is 0 Å². The van der Waals surface area contributed by atoms with Gasteiger partial charge in [-0.3, -0.25) is 0 Å². The third-order valence-electron chi connectivity index (χ3n) is 8.01. The van der Waals surface area contributed by atoms with Crippen molar-refractivity contribution < 1.29 is 5.11 Å². The van der Waals surface area contributed by atoms with E-state index in [9.17, 15) is 5.11 Å². The predicted molar refractivity (Wildman–Crippen MR) is 86.8 cm³/mol. The summed E-state index contributed by atoms with van der Waals surface area (Å²) in [6.07, 6.45) is 14.2. The second-order valence-electron chi connectivity index (χ2n) is 9.10. The van der Waals surface area contributed by atoms with E-state index in [-0.39, 0.29) is 5.41 Å². The molecule has 4 saturated carbocycles. The zero-order chi connectivity index (χ0) is 14.9. The monoisotopic (exact) mass is 286 g/mol. The van der Waals surface area contributed by atoms with E-state index in [1.165, 1.54) is 50.5 Å². The van der Waals surface area contributed by atoms with Crippen LogP contribution in [0.2, 0.25) is 0 Å². The van der Waals surface area contributed by atoms with Crippen molar-refractivity contribution in [2.45, 2.75) is 58.8 Å². The maximum absolute atomic E-state index is 10.0. The molecule has 0 aromatic heterocycles. The molecule has 2 bridgehead atoms. The highest BCUT2D eigenvalue weighted by molar-refractivity contribution is 5.29. The highest BCUT2D eigenvalue weighted by Gasteiger charge is 2.61. The highest BCUT2D eigenvalue weighted by atomic mass is 16.3. The normalized spacial score (nSPS) is 55.2. The molecule has 0 aromatic carbocycles. The fraction of sp³-hybridized carbons (Fsp3) is 0.800. The summed E-state index contributed by atoms with van der Waals surface area (Å²) in [6, 6.07) is 0. The molecule has 1 spiro atoms. The lowest BCUT2D eigenvalue weighted by atomic mass is 9.39.